The monoisotopic (exact) mass is 465 g/mol. The maximum absolute atomic E-state index is 12.6. The molecule has 0 atom stereocenters. The summed E-state index contributed by atoms with van der Waals surface area (Å²) in [4.78, 5) is 14.0. The van der Waals surface area contributed by atoms with Gasteiger partial charge in [0.25, 0.3) is 5.91 Å². The van der Waals surface area contributed by atoms with E-state index in [1.54, 1.807) is 11.7 Å². The van der Waals surface area contributed by atoms with Gasteiger partial charge in [-0.15, -0.1) is 0 Å². The van der Waals surface area contributed by atoms with E-state index < -0.39 is 12.5 Å². The van der Waals surface area contributed by atoms with Crippen LogP contribution in [0.1, 0.15) is 23.0 Å². The largest absolute Gasteiger partial charge is 0.434 e. The summed E-state index contributed by atoms with van der Waals surface area (Å²) >= 11 is 6.63. The summed E-state index contributed by atoms with van der Waals surface area (Å²) in [5, 5.41) is 4.35. The molecule has 0 aliphatic carbocycles. The molecule has 0 radical (unpaired) electrons. The molecule has 0 spiro atoms. The van der Waals surface area contributed by atoms with Crippen molar-refractivity contribution in [3.63, 3.8) is 0 Å². The van der Waals surface area contributed by atoms with E-state index in [0.29, 0.717) is 16.7 Å². The standard InChI is InChI=1S/C15H15Br2F2N3O2/c1-3-22-7-11(17)12(20-22)8-21(2)14(23)10-6-9(16)4-5-13(10)24-15(18)19/h4-7,15H,3,8H2,1-2H3. The van der Waals surface area contributed by atoms with Crippen LogP contribution in [0.3, 0.4) is 0 Å². The summed E-state index contributed by atoms with van der Waals surface area (Å²) in [6.45, 7) is -0.119. The minimum absolute atomic E-state index is 0.0539. The van der Waals surface area contributed by atoms with Gasteiger partial charge < -0.3 is 9.64 Å². The number of carbonyl (C=O) groups excluding carboxylic acids is 1. The quantitative estimate of drug-likeness (QED) is 0.637. The molecule has 0 fully saturated rings. The molecule has 0 aliphatic rings. The van der Waals surface area contributed by atoms with Gasteiger partial charge in [0.15, 0.2) is 0 Å². The Morgan fingerprint density at radius 2 is 2.12 bits per heavy atom. The molecule has 0 N–H and O–H groups in total. The van der Waals surface area contributed by atoms with E-state index in [-0.39, 0.29) is 17.9 Å². The number of aryl methyl sites for hydroxylation is 1. The van der Waals surface area contributed by atoms with Gasteiger partial charge in [0.1, 0.15) is 5.75 Å². The second-order valence-electron chi connectivity index (χ2n) is 4.96. The second-order valence-corrected chi connectivity index (χ2v) is 6.73. The molecule has 1 heterocycles. The van der Waals surface area contributed by atoms with Crippen molar-refractivity contribution < 1.29 is 18.3 Å². The summed E-state index contributed by atoms with van der Waals surface area (Å²) < 4.78 is 32.6. The number of amides is 1. The summed E-state index contributed by atoms with van der Waals surface area (Å²) in [6.07, 6.45) is 1.82. The number of alkyl halides is 2. The van der Waals surface area contributed by atoms with Crippen molar-refractivity contribution in [2.45, 2.75) is 26.6 Å². The number of hydrogen-bond acceptors (Lipinski definition) is 3. The molecule has 9 heteroatoms. The third kappa shape index (κ3) is 4.54. The van der Waals surface area contributed by atoms with Crippen LogP contribution in [0.5, 0.6) is 5.75 Å². The molecule has 1 aromatic heterocycles. The predicted molar refractivity (Wildman–Crippen MR) is 92.2 cm³/mol. The van der Waals surface area contributed by atoms with Crippen LogP contribution in [0.25, 0.3) is 0 Å². The van der Waals surface area contributed by atoms with Gasteiger partial charge in [-0.2, -0.15) is 13.9 Å². The smallest absolute Gasteiger partial charge is 0.387 e. The highest BCUT2D eigenvalue weighted by Gasteiger charge is 2.21. The fraction of sp³-hybridized carbons (Fsp3) is 0.333. The SMILES string of the molecule is CCn1cc(Br)c(CN(C)C(=O)c2cc(Br)ccc2OC(F)F)n1. The van der Waals surface area contributed by atoms with E-state index in [9.17, 15) is 13.6 Å². The van der Waals surface area contributed by atoms with Crippen LogP contribution in [0.2, 0.25) is 0 Å². The van der Waals surface area contributed by atoms with Crippen molar-refractivity contribution in [2.24, 2.45) is 0 Å². The minimum Gasteiger partial charge on any atom is -0.434 e. The topological polar surface area (TPSA) is 47.4 Å². The Labute approximate surface area is 154 Å². The maximum Gasteiger partial charge on any atom is 0.387 e. The van der Waals surface area contributed by atoms with Crippen LogP contribution in [0, 0.1) is 0 Å². The molecule has 24 heavy (non-hydrogen) atoms. The average Bonchev–Trinajstić information content (AvgIpc) is 2.88. The molecule has 0 saturated carbocycles. The fourth-order valence-corrected chi connectivity index (χ4v) is 2.88. The van der Waals surface area contributed by atoms with E-state index in [2.05, 4.69) is 41.7 Å². The average molecular weight is 467 g/mol. The molecule has 1 amide bonds. The molecule has 130 valence electrons. The van der Waals surface area contributed by atoms with Gasteiger partial charge in [-0.3, -0.25) is 9.48 Å². The van der Waals surface area contributed by atoms with Crippen molar-refractivity contribution in [3.05, 3.63) is 44.6 Å². The first kappa shape index (κ1) is 18.9. The van der Waals surface area contributed by atoms with Gasteiger partial charge in [0, 0.05) is 24.3 Å². The van der Waals surface area contributed by atoms with E-state index in [1.165, 1.54) is 23.1 Å². The Balaban J connectivity index is 2.23. The second kappa shape index (κ2) is 8.06. The molecular weight excluding hydrogens is 452 g/mol. The number of hydrogen-bond donors (Lipinski definition) is 0. The number of halogens is 4. The molecule has 1 aromatic carbocycles. The number of benzene rings is 1. The Morgan fingerprint density at radius 1 is 1.42 bits per heavy atom. The van der Waals surface area contributed by atoms with Gasteiger partial charge in [0.2, 0.25) is 0 Å². The number of rotatable bonds is 6. The van der Waals surface area contributed by atoms with Crippen LogP contribution in [-0.2, 0) is 13.1 Å². The predicted octanol–water partition coefficient (Wildman–Crippen LogP) is 4.30. The van der Waals surface area contributed by atoms with Crippen LogP contribution in [0.4, 0.5) is 8.78 Å². The fourth-order valence-electron chi connectivity index (χ4n) is 2.08. The summed E-state index contributed by atoms with van der Waals surface area (Å²) in [5.41, 5.74) is 0.734. The molecule has 0 unspecified atom stereocenters. The molecule has 0 saturated heterocycles. The lowest BCUT2D eigenvalue weighted by Crippen LogP contribution is -2.27. The lowest BCUT2D eigenvalue weighted by molar-refractivity contribution is -0.0502. The van der Waals surface area contributed by atoms with Crippen molar-refractivity contribution in [1.29, 1.82) is 0 Å². The summed E-state index contributed by atoms with van der Waals surface area (Å²) in [7, 11) is 1.58. The number of aromatic nitrogens is 2. The summed E-state index contributed by atoms with van der Waals surface area (Å²) in [6, 6.07) is 4.32. The number of ether oxygens (including phenoxy) is 1. The van der Waals surface area contributed by atoms with Crippen LogP contribution >= 0.6 is 31.9 Å². The van der Waals surface area contributed by atoms with E-state index in [4.69, 9.17) is 0 Å². The Bertz CT molecular complexity index is 738. The van der Waals surface area contributed by atoms with E-state index in [1.807, 2.05) is 13.1 Å². The Hall–Kier alpha value is -1.48. The first-order chi connectivity index (χ1) is 11.3. The zero-order valence-electron chi connectivity index (χ0n) is 13.0. The van der Waals surface area contributed by atoms with Gasteiger partial charge in [-0.25, -0.2) is 0 Å². The molecule has 2 aromatic rings. The van der Waals surface area contributed by atoms with Crippen LogP contribution in [-0.4, -0.2) is 34.2 Å². The van der Waals surface area contributed by atoms with Gasteiger partial charge >= 0.3 is 6.61 Å². The van der Waals surface area contributed by atoms with Crippen molar-refractivity contribution in [2.75, 3.05) is 7.05 Å². The number of carbonyl (C=O) groups is 1. The van der Waals surface area contributed by atoms with E-state index >= 15 is 0 Å². The third-order valence-corrected chi connectivity index (χ3v) is 4.39. The Kier molecular flexibility index (Phi) is 6.34. The molecule has 2 rings (SSSR count). The minimum atomic E-state index is -3.00. The van der Waals surface area contributed by atoms with Crippen LogP contribution < -0.4 is 4.74 Å². The normalized spacial score (nSPS) is 11.0. The lowest BCUT2D eigenvalue weighted by atomic mass is 10.1. The van der Waals surface area contributed by atoms with Crippen LogP contribution in [0.15, 0.2) is 33.3 Å². The van der Waals surface area contributed by atoms with Gasteiger partial charge in [-0.05, 0) is 41.1 Å². The highest BCUT2D eigenvalue weighted by molar-refractivity contribution is 9.10. The molecular formula is C15H15Br2F2N3O2. The van der Waals surface area contributed by atoms with Crippen molar-refractivity contribution >= 4 is 37.8 Å². The van der Waals surface area contributed by atoms with Crippen molar-refractivity contribution in [1.82, 2.24) is 14.7 Å². The zero-order valence-corrected chi connectivity index (χ0v) is 16.1. The molecule has 0 bridgehead atoms. The number of nitrogens with zero attached hydrogens (tertiary/aromatic N) is 3. The lowest BCUT2D eigenvalue weighted by Gasteiger charge is -2.18. The Morgan fingerprint density at radius 3 is 2.71 bits per heavy atom. The first-order valence-corrected chi connectivity index (χ1v) is 8.62. The third-order valence-electron chi connectivity index (χ3n) is 3.23. The molecule has 5 nitrogen and oxygen atoms in total. The maximum atomic E-state index is 12.6. The molecule has 0 aliphatic heterocycles. The zero-order chi connectivity index (χ0) is 17.9. The van der Waals surface area contributed by atoms with E-state index in [0.717, 1.165) is 4.47 Å². The summed E-state index contributed by atoms with van der Waals surface area (Å²) in [5.74, 6) is -0.604. The highest BCUT2D eigenvalue weighted by Crippen LogP contribution is 2.27. The van der Waals surface area contributed by atoms with Crippen molar-refractivity contribution in [3.8, 4) is 5.75 Å². The highest BCUT2D eigenvalue weighted by atomic mass is 79.9. The van der Waals surface area contributed by atoms with Gasteiger partial charge in [-0.1, -0.05) is 15.9 Å². The van der Waals surface area contributed by atoms with Gasteiger partial charge in [0.05, 0.1) is 22.3 Å². The first-order valence-electron chi connectivity index (χ1n) is 7.03.